The molecule has 0 aliphatic rings. The van der Waals surface area contributed by atoms with Crippen molar-refractivity contribution < 1.29 is 18.7 Å². The molecule has 0 aliphatic carbocycles. The van der Waals surface area contributed by atoms with Gasteiger partial charge in [0.15, 0.2) is 6.61 Å². The van der Waals surface area contributed by atoms with Crippen LogP contribution in [0.4, 0.5) is 4.39 Å². The number of carbonyl (C=O) groups is 2. The van der Waals surface area contributed by atoms with Crippen molar-refractivity contribution in [1.82, 2.24) is 10.2 Å². The van der Waals surface area contributed by atoms with Crippen molar-refractivity contribution >= 4 is 23.4 Å². The average molecular weight is 483 g/mol. The molecule has 3 aromatic carbocycles. The van der Waals surface area contributed by atoms with Gasteiger partial charge in [-0.1, -0.05) is 54.1 Å². The molecule has 5 nitrogen and oxygen atoms in total. The number of halogens is 2. The number of nitrogens with zero attached hydrogens (tertiary/aromatic N) is 1. The number of likely N-dealkylation sites (N-methyl/N-ethyl adjacent to an activating group) is 1. The number of benzene rings is 3. The fourth-order valence-corrected chi connectivity index (χ4v) is 3.83. The van der Waals surface area contributed by atoms with Gasteiger partial charge in [0.25, 0.3) is 5.91 Å². The smallest absolute Gasteiger partial charge is 0.261 e. The Kier molecular flexibility index (Phi) is 8.66. The lowest BCUT2D eigenvalue weighted by molar-refractivity contribution is -0.142. The molecule has 0 saturated carbocycles. The predicted octanol–water partition coefficient (Wildman–Crippen LogP) is 4.86. The van der Waals surface area contributed by atoms with Gasteiger partial charge >= 0.3 is 0 Å². The minimum Gasteiger partial charge on any atom is -0.484 e. The zero-order valence-corrected chi connectivity index (χ0v) is 20.2. The van der Waals surface area contributed by atoms with E-state index in [0.717, 1.165) is 16.7 Å². The van der Waals surface area contributed by atoms with E-state index in [9.17, 15) is 14.0 Å². The van der Waals surface area contributed by atoms with Crippen molar-refractivity contribution in [3.05, 3.63) is 99.8 Å². The third-order valence-corrected chi connectivity index (χ3v) is 6.15. The van der Waals surface area contributed by atoms with Gasteiger partial charge in [0.2, 0.25) is 5.91 Å². The van der Waals surface area contributed by atoms with Gasteiger partial charge in [-0.3, -0.25) is 9.59 Å². The molecule has 0 aromatic heterocycles. The van der Waals surface area contributed by atoms with Gasteiger partial charge in [-0.15, -0.1) is 0 Å². The molecule has 3 rings (SSSR count). The van der Waals surface area contributed by atoms with Gasteiger partial charge in [0, 0.05) is 25.0 Å². The van der Waals surface area contributed by atoms with Gasteiger partial charge in [-0.2, -0.15) is 0 Å². The molecule has 0 bridgehead atoms. The molecule has 0 heterocycles. The summed E-state index contributed by atoms with van der Waals surface area (Å²) in [5.74, 6) is -0.504. The van der Waals surface area contributed by atoms with Gasteiger partial charge in [-0.05, 0) is 60.4 Å². The molecular weight excluding hydrogens is 455 g/mol. The molecule has 1 N–H and O–H groups in total. The van der Waals surface area contributed by atoms with Crippen molar-refractivity contribution in [1.29, 1.82) is 0 Å². The Morgan fingerprint density at radius 2 is 1.62 bits per heavy atom. The number of hydrogen-bond acceptors (Lipinski definition) is 3. The Morgan fingerprint density at radius 1 is 1.00 bits per heavy atom. The van der Waals surface area contributed by atoms with E-state index in [2.05, 4.69) is 5.32 Å². The second-order valence-corrected chi connectivity index (χ2v) is 8.51. The molecule has 0 aliphatic heterocycles. The fraction of sp³-hybridized carbons (Fsp3) is 0.259. The molecule has 178 valence electrons. The van der Waals surface area contributed by atoms with Crippen LogP contribution in [-0.4, -0.2) is 36.4 Å². The minimum absolute atomic E-state index is 0.131. The highest BCUT2D eigenvalue weighted by atomic mass is 35.5. The van der Waals surface area contributed by atoms with E-state index in [-0.39, 0.29) is 30.8 Å². The third kappa shape index (κ3) is 6.58. The second kappa shape index (κ2) is 11.7. The number of aryl methyl sites for hydroxylation is 2. The molecule has 0 radical (unpaired) electrons. The lowest BCUT2D eigenvalue weighted by Crippen LogP contribution is -2.51. The van der Waals surface area contributed by atoms with Crippen molar-refractivity contribution in [3.63, 3.8) is 0 Å². The Morgan fingerprint density at radius 3 is 2.21 bits per heavy atom. The van der Waals surface area contributed by atoms with Crippen LogP contribution in [0.3, 0.4) is 0 Å². The minimum atomic E-state index is -0.776. The quantitative estimate of drug-likeness (QED) is 0.474. The Labute approximate surface area is 204 Å². The first-order valence-corrected chi connectivity index (χ1v) is 11.3. The molecular formula is C27H28ClFN2O3. The molecule has 2 amide bonds. The average Bonchev–Trinajstić information content (AvgIpc) is 2.84. The van der Waals surface area contributed by atoms with E-state index in [1.54, 1.807) is 24.3 Å². The summed E-state index contributed by atoms with van der Waals surface area (Å²) >= 11 is 6.23. The fourth-order valence-electron chi connectivity index (χ4n) is 3.72. The van der Waals surface area contributed by atoms with Gasteiger partial charge in [0.1, 0.15) is 17.6 Å². The normalized spacial score (nSPS) is 11.6. The Bertz CT molecular complexity index is 1110. The van der Waals surface area contributed by atoms with Crippen LogP contribution in [0, 0.1) is 19.7 Å². The summed E-state index contributed by atoms with van der Waals surface area (Å²) in [5.41, 5.74) is 3.31. The largest absolute Gasteiger partial charge is 0.484 e. The summed E-state index contributed by atoms with van der Waals surface area (Å²) in [4.78, 5) is 27.8. The number of nitrogens with one attached hydrogen (secondary N) is 1. The maximum atomic E-state index is 13.4. The maximum Gasteiger partial charge on any atom is 0.261 e. The lowest BCUT2D eigenvalue weighted by atomic mass is 10.0. The number of rotatable bonds is 9. The summed E-state index contributed by atoms with van der Waals surface area (Å²) in [5, 5.41) is 3.31. The second-order valence-electron chi connectivity index (χ2n) is 8.13. The van der Waals surface area contributed by atoms with E-state index in [1.807, 2.05) is 44.2 Å². The molecule has 0 fully saturated rings. The summed E-state index contributed by atoms with van der Waals surface area (Å²) < 4.78 is 19.2. The van der Waals surface area contributed by atoms with Gasteiger partial charge in [0.05, 0.1) is 0 Å². The molecule has 7 heteroatoms. The van der Waals surface area contributed by atoms with Crippen LogP contribution in [0.2, 0.25) is 5.02 Å². The lowest BCUT2D eigenvalue weighted by Gasteiger charge is -2.31. The van der Waals surface area contributed by atoms with Crippen LogP contribution in [0.25, 0.3) is 0 Å². The van der Waals surface area contributed by atoms with Crippen molar-refractivity contribution in [3.8, 4) is 5.75 Å². The molecule has 0 unspecified atom stereocenters. The third-order valence-electron chi connectivity index (χ3n) is 5.56. The van der Waals surface area contributed by atoms with Crippen LogP contribution in [0.5, 0.6) is 5.75 Å². The van der Waals surface area contributed by atoms with E-state index >= 15 is 0 Å². The van der Waals surface area contributed by atoms with Crippen LogP contribution in [-0.2, 0) is 22.6 Å². The summed E-state index contributed by atoms with van der Waals surface area (Å²) in [7, 11) is 1.54. The topological polar surface area (TPSA) is 58.6 Å². The first-order valence-electron chi connectivity index (χ1n) is 11.0. The highest BCUT2D eigenvalue weighted by molar-refractivity contribution is 6.32. The number of amides is 2. The highest BCUT2D eigenvalue weighted by Crippen LogP contribution is 2.26. The van der Waals surface area contributed by atoms with E-state index in [4.69, 9.17) is 16.3 Å². The van der Waals surface area contributed by atoms with E-state index in [1.165, 1.54) is 24.1 Å². The first kappa shape index (κ1) is 25.2. The van der Waals surface area contributed by atoms with E-state index in [0.29, 0.717) is 22.8 Å². The molecule has 34 heavy (non-hydrogen) atoms. The molecule has 0 spiro atoms. The summed E-state index contributed by atoms with van der Waals surface area (Å²) in [6, 6.07) is 18.1. The van der Waals surface area contributed by atoms with Gasteiger partial charge < -0.3 is 15.0 Å². The van der Waals surface area contributed by atoms with Crippen molar-refractivity contribution in [2.45, 2.75) is 32.9 Å². The predicted molar refractivity (Wildman–Crippen MR) is 131 cm³/mol. The first-order chi connectivity index (χ1) is 16.3. The summed E-state index contributed by atoms with van der Waals surface area (Å²) in [6.45, 7) is 3.61. The maximum absolute atomic E-state index is 13.4. The van der Waals surface area contributed by atoms with Crippen molar-refractivity contribution in [2.75, 3.05) is 13.7 Å². The zero-order valence-electron chi connectivity index (χ0n) is 19.5. The van der Waals surface area contributed by atoms with Crippen LogP contribution >= 0.6 is 11.6 Å². The van der Waals surface area contributed by atoms with E-state index < -0.39 is 6.04 Å². The molecule has 3 aromatic rings. The zero-order chi connectivity index (χ0) is 24.7. The summed E-state index contributed by atoms with van der Waals surface area (Å²) in [6.07, 6.45) is 0.326. The molecule has 0 saturated heterocycles. The standard InChI is InChI=1S/C27H28ClFN2O3/c1-18-13-23(14-19(2)26(18)28)34-17-25(32)31(16-21-9-11-22(29)12-10-21)24(27(33)30-3)15-20-7-5-4-6-8-20/h4-14,24H,15-17H2,1-3H3,(H,30,33)/t24-/m0/s1. The van der Waals surface area contributed by atoms with Crippen LogP contribution in [0.1, 0.15) is 22.3 Å². The monoisotopic (exact) mass is 482 g/mol. The molecule has 1 atom stereocenters. The number of carbonyl (C=O) groups excluding carboxylic acids is 2. The SMILES string of the molecule is CNC(=O)[C@H](Cc1ccccc1)N(Cc1ccc(F)cc1)C(=O)COc1cc(C)c(Cl)c(C)c1. The van der Waals surface area contributed by atoms with Crippen LogP contribution < -0.4 is 10.1 Å². The Hall–Kier alpha value is -3.38. The van der Waals surface area contributed by atoms with Crippen molar-refractivity contribution in [2.24, 2.45) is 0 Å². The Balaban J connectivity index is 1.88. The number of hydrogen-bond donors (Lipinski definition) is 1. The number of ether oxygens (including phenoxy) is 1. The van der Waals surface area contributed by atoms with Crippen LogP contribution in [0.15, 0.2) is 66.7 Å². The van der Waals surface area contributed by atoms with Gasteiger partial charge in [-0.25, -0.2) is 4.39 Å². The highest BCUT2D eigenvalue weighted by Gasteiger charge is 2.30.